The summed E-state index contributed by atoms with van der Waals surface area (Å²) in [5.41, 5.74) is -1.08. The number of carbonyl (C=O) groups is 5. The lowest BCUT2D eigenvalue weighted by Crippen LogP contribution is -2.62. The number of unbranched alkanes of at least 4 members (excludes halogenated alkanes) is 32. The van der Waals surface area contributed by atoms with Crippen molar-refractivity contribution < 1.29 is 47.7 Å². The summed E-state index contributed by atoms with van der Waals surface area (Å²) in [5.74, 6) is -1.87. The summed E-state index contributed by atoms with van der Waals surface area (Å²) in [4.78, 5) is 66.9. The van der Waals surface area contributed by atoms with Crippen LogP contribution >= 0.6 is 11.8 Å². The zero-order valence-corrected chi connectivity index (χ0v) is 44.7. The van der Waals surface area contributed by atoms with Crippen LogP contribution in [0.1, 0.15) is 291 Å². The van der Waals surface area contributed by atoms with Crippen LogP contribution in [0, 0.1) is 0 Å². The maximum absolute atomic E-state index is 13.7. The van der Waals surface area contributed by atoms with E-state index in [9.17, 15) is 24.0 Å². The second kappa shape index (κ2) is 45.0. The van der Waals surface area contributed by atoms with Gasteiger partial charge in [-0.3, -0.25) is 24.0 Å². The summed E-state index contributed by atoms with van der Waals surface area (Å²) in [6.45, 7) is 9.99. The van der Waals surface area contributed by atoms with Gasteiger partial charge in [0.25, 0.3) is 0 Å². The molecule has 1 aliphatic rings. The topological polar surface area (TPSA) is 132 Å². The first-order chi connectivity index (χ1) is 32.7. The number of ether oxygens (including phenoxy) is 5. The van der Waals surface area contributed by atoms with E-state index >= 15 is 0 Å². The maximum Gasteiger partial charge on any atom is 0.306 e. The van der Waals surface area contributed by atoms with E-state index in [1.54, 1.807) is 0 Å². The average Bonchev–Trinajstić information content (AvgIpc) is 3.30. The Bertz CT molecular complexity index is 1230. The molecule has 1 aliphatic heterocycles. The molecule has 0 aromatic heterocycles. The third-order valence-corrected chi connectivity index (χ3v) is 14.0. The van der Waals surface area contributed by atoms with E-state index < -0.39 is 53.7 Å². The van der Waals surface area contributed by atoms with Crippen molar-refractivity contribution in [1.82, 2.24) is 0 Å². The van der Waals surface area contributed by atoms with Crippen molar-refractivity contribution in [2.45, 2.75) is 321 Å². The highest BCUT2D eigenvalue weighted by atomic mass is 32.2. The largest absolute Gasteiger partial charge is 0.463 e. The number of hydrogen-bond acceptors (Lipinski definition) is 11. The van der Waals surface area contributed by atoms with Crippen molar-refractivity contribution in [3.63, 3.8) is 0 Å². The summed E-state index contributed by atoms with van der Waals surface area (Å²) in [6, 6.07) is 0. The molecular weight excluding hydrogens is 865 g/mol. The van der Waals surface area contributed by atoms with E-state index in [1.165, 1.54) is 135 Å². The van der Waals surface area contributed by atoms with E-state index in [0.29, 0.717) is 25.7 Å². The summed E-state index contributed by atoms with van der Waals surface area (Å²) in [6.07, 6.45) is 35.5. The molecule has 0 bridgehead atoms. The molecule has 67 heavy (non-hydrogen) atoms. The van der Waals surface area contributed by atoms with Crippen molar-refractivity contribution in [2.75, 3.05) is 6.61 Å². The normalized spacial score (nSPS) is 18.1. The van der Waals surface area contributed by atoms with Crippen LogP contribution < -0.4 is 0 Å². The van der Waals surface area contributed by atoms with E-state index in [2.05, 4.69) is 27.7 Å². The Kier molecular flexibility index (Phi) is 42.3. The van der Waals surface area contributed by atoms with E-state index in [4.69, 9.17) is 23.7 Å². The van der Waals surface area contributed by atoms with Gasteiger partial charge in [0.15, 0.2) is 28.9 Å². The molecule has 0 aromatic rings. The molecule has 11 heteroatoms. The van der Waals surface area contributed by atoms with Crippen LogP contribution in [0.25, 0.3) is 0 Å². The molecule has 0 amide bonds. The monoisotopic (exact) mass is 967 g/mol. The second-order valence-corrected chi connectivity index (χ2v) is 20.8. The van der Waals surface area contributed by atoms with E-state index in [0.717, 1.165) is 88.8 Å². The Morgan fingerprint density at radius 1 is 0.358 bits per heavy atom. The Hall–Kier alpha value is -2.14. The number of rotatable bonds is 46. The highest BCUT2D eigenvalue weighted by Gasteiger charge is 2.53. The van der Waals surface area contributed by atoms with Gasteiger partial charge >= 0.3 is 23.9 Å². The van der Waals surface area contributed by atoms with Gasteiger partial charge in [-0.15, -0.1) is 0 Å². The van der Waals surface area contributed by atoms with Gasteiger partial charge in [0.05, 0.1) is 0 Å². The fraction of sp³-hybridized carbons (Fsp3) is 0.911. The molecule has 1 heterocycles. The zero-order chi connectivity index (χ0) is 49.0. The lowest BCUT2D eigenvalue weighted by atomic mass is 9.98. The van der Waals surface area contributed by atoms with Crippen molar-refractivity contribution in [3.05, 3.63) is 0 Å². The van der Waals surface area contributed by atoms with Crippen LogP contribution in [-0.2, 0) is 47.7 Å². The lowest BCUT2D eigenvalue weighted by Gasteiger charge is -2.44. The quantitative estimate of drug-likeness (QED) is 0.0328. The van der Waals surface area contributed by atoms with Crippen molar-refractivity contribution >= 4 is 40.8 Å². The molecule has 392 valence electrons. The molecule has 0 N–H and O–H groups in total. The third-order valence-electron chi connectivity index (χ3n) is 13.0. The first-order valence-corrected chi connectivity index (χ1v) is 29.1. The molecule has 0 aliphatic carbocycles. The zero-order valence-electron chi connectivity index (χ0n) is 43.9. The number of thioether (sulfide) groups is 1. The van der Waals surface area contributed by atoms with Crippen LogP contribution in [0.4, 0.5) is 0 Å². The van der Waals surface area contributed by atoms with Gasteiger partial charge in [-0.05, 0) is 25.7 Å². The SMILES string of the molecule is CCCCCCCCCCCC(=O)OC[C@H]1O[C@@H](SC(C)=O)[C@H](OC(=O)CCCCCCCCCCC)[C@@H](OC(=O)CCCCCCCCCCC)[C@H]1OC(=O)CCCCCCCCCCC. The highest BCUT2D eigenvalue weighted by molar-refractivity contribution is 8.14. The molecule has 0 radical (unpaired) electrons. The first kappa shape index (κ1) is 62.9. The minimum atomic E-state index is -1.27. The minimum Gasteiger partial charge on any atom is -0.463 e. The van der Waals surface area contributed by atoms with Gasteiger partial charge in [0.2, 0.25) is 0 Å². The Balaban J connectivity index is 3.21. The van der Waals surface area contributed by atoms with Crippen molar-refractivity contribution in [1.29, 1.82) is 0 Å². The second-order valence-electron chi connectivity index (χ2n) is 19.5. The Labute approximate surface area is 414 Å². The molecule has 0 spiro atoms. The number of hydrogen-bond donors (Lipinski definition) is 0. The standard InChI is InChI=1S/C56H102O10S/c1-6-10-14-18-22-26-30-34-38-42-49(58)62-46-48-53(64-50(59)43-39-35-31-27-23-19-15-11-7-2)54(65-51(60)44-40-36-32-28-24-20-16-12-8-3)55(56(63-48)67-47(5)57)66-52(61)45-41-37-33-29-25-21-17-13-9-4/h48,53-56H,6-46H2,1-5H3/t48-,53+,54+,55-,56+/m1/s1. The average molecular weight is 967 g/mol. The molecule has 5 atom stereocenters. The van der Waals surface area contributed by atoms with Gasteiger partial charge in [-0.25, -0.2) is 0 Å². The maximum atomic E-state index is 13.7. The van der Waals surface area contributed by atoms with Crippen LogP contribution in [0.2, 0.25) is 0 Å². The molecule has 1 fully saturated rings. The van der Waals surface area contributed by atoms with Gasteiger partial charge in [0.1, 0.15) is 12.7 Å². The Morgan fingerprint density at radius 2 is 0.627 bits per heavy atom. The Morgan fingerprint density at radius 3 is 0.940 bits per heavy atom. The molecule has 0 saturated carbocycles. The van der Waals surface area contributed by atoms with Crippen LogP contribution in [-0.4, -0.2) is 65.5 Å². The lowest BCUT2D eigenvalue weighted by molar-refractivity contribution is -0.239. The van der Waals surface area contributed by atoms with E-state index in [1.807, 2.05) is 0 Å². The van der Waals surface area contributed by atoms with Gasteiger partial charge in [0, 0.05) is 32.6 Å². The molecule has 0 unspecified atom stereocenters. The third kappa shape index (κ3) is 35.6. The molecular formula is C56H102O10S. The van der Waals surface area contributed by atoms with Crippen LogP contribution in [0.15, 0.2) is 0 Å². The molecule has 0 aromatic carbocycles. The van der Waals surface area contributed by atoms with Crippen LogP contribution in [0.3, 0.4) is 0 Å². The summed E-state index contributed by atoms with van der Waals surface area (Å²) in [5, 5.41) is -0.285. The van der Waals surface area contributed by atoms with Gasteiger partial charge < -0.3 is 23.7 Å². The highest BCUT2D eigenvalue weighted by Crippen LogP contribution is 2.35. The number of esters is 4. The smallest absolute Gasteiger partial charge is 0.306 e. The molecule has 1 rings (SSSR count). The minimum absolute atomic E-state index is 0.147. The molecule has 10 nitrogen and oxygen atoms in total. The summed E-state index contributed by atoms with van der Waals surface area (Å²) in [7, 11) is 0. The predicted molar refractivity (Wildman–Crippen MR) is 275 cm³/mol. The first-order valence-electron chi connectivity index (χ1n) is 28.2. The van der Waals surface area contributed by atoms with Crippen LogP contribution in [0.5, 0.6) is 0 Å². The van der Waals surface area contributed by atoms with E-state index in [-0.39, 0.29) is 37.4 Å². The van der Waals surface area contributed by atoms with Crippen molar-refractivity contribution in [3.8, 4) is 0 Å². The fourth-order valence-corrected chi connectivity index (χ4v) is 9.74. The number of carbonyl (C=O) groups excluding carboxylic acids is 5. The predicted octanol–water partition coefficient (Wildman–Crippen LogP) is 16.0. The molecule has 1 saturated heterocycles. The van der Waals surface area contributed by atoms with Crippen molar-refractivity contribution in [2.24, 2.45) is 0 Å². The van der Waals surface area contributed by atoms with Gasteiger partial charge in [-0.1, -0.05) is 245 Å². The summed E-state index contributed by atoms with van der Waals surface area (Å²) >= 11 is 0.836. The fourth-order valence-electron chi connectivity index (χ4n) is 8.87. The summed E-state index contributed by atoms with van der Waals surface area (Å²) < 4.78 is 30.8. The van der Waals surface area contributed by atoms with Gasteiger partial charge in [-0.2, -0.15) is 0 Å².